The van der Waals surface area contributed by atoms with Crippen molar-refractivity contribution in [3.05, 3.63) is 96.3 Å². The minimum atomic E-state index is -3.80. The van der Waals surface area contributed by atoms with E-state index in [1.54, 1.807) is 36.4 Å². The fraction of sp³-hybridized carbons (Fsp3) is 0.532. The maximum Gasteiger partial charge on any atom is 0.404 e. The van der Waals surface area contributed by atoms with Crippen LogP contribution in [-0.4, -0.2) is 118 Å². The Morgan fingerprint density at radius 2 is 1.52 bits per heavy atom. The van der Waals surface area contributed by atoms with Crippen molar-refractivity contribution in [3.63, 3.8) is 0 Å². The number of nitrogens with zero attached hydrogens (tertiary/aromatic N) is 4. The summed E-state index contributed by atoms with van der Waals surface area (Å²) in [6.07, 6.45) is 11.9. The SMILES string of the molecule is O=C(O)N[C@H]1CCC[C@@H]1[C@](CN1CCC1)(c1cccc(F)c1)C1CCN(CC2CN(c3ccc(S(=O)(=O)c4cccc(NC(=O)/C=C/CN5CCCCC5)c4)cc3)C2)CC1. The molecule has 0 aromatic heterocycles. The first-order chi connectivity index (χ1) is 29.1. The van der Waals surface area contributed by atoms with Gasteiger partial charge in [0.15, 0.2) is 0 Å². The van der Waals surface area contributed by atoms with Crippen molar-refractivity contribution in [1.29, 1.82) is 0 Å². The summed E-state index contributed by atoms with van der Waals surface area (Å²) in [6, 6.07) is 20.5. The van der Waals surface area contributed by atoms with Gasteiger partial charge in [-0.3, -0.25) is 9.69 Å². The van der Waals surface area contributed by atoms with Gasteiger partial charge in [0.1, 0.15) is 5.82 Å². The largest absolute Gasteiger partial charge is 0.465 e. The number of hydrogen-bond donors (Lipinski definition) is 3. The first-order valence-electron chi connectivity index (χ1n) is 22.2. The maximum absolute atomic E-state index is 15.0. The number of benzene rings is 3. The predicted molar refractivity (Wildman–Crippen MR) is 233 cm³/mol. The molecule has 1 aliphatic carbocycles. The number of rotatable bonds is 15. The van der Waals surface area contributed by atoms with E-state index in [1.807, 2.05) is 24.3 Å². The van der Waals surface area contributed by atoms with E-state index in [1.165, 1.54) is 37.5 Å². The monoisotopic (exact) mass is 840 g/mol. The zero-order valence-corrected chi connectivity index (χ0v) is 35.5. The lowest BCUT2D eigenvalue weighted by molar-refractivity contribution is -0.111. The van der Waals surface area contributed by atoms with Crippen molar-refractivity contribution in [2.75, 3.05) is 82.2 Å². The van der Waals surface area contributed by atoms with Crippen molar-refractivity contribution in [2.24, 2.45) is 17.8 Å². The summed E-state index contributed by atoms with van der Waals surface area (Å²) < 4.78 is 42.3. The Morgan fingerprint density at radius 3 is 2.22 bits per heavy atom. The number of nitrogens with one attached hydrogen (secondary N) is 2. The van der Waals surface area contributed by atoms with Crippen LogP contribution in [0.5, 0.6) is 0 Å². The Labute approximate surface area is 354 Å². The van der Waals surface area contributed by atoms with Gasteiger partial charge in [-0.05, 0) is 156 Å². The van der Waals surface area contributed by atoms with Gasteiger partial charge in [-0.15, -0.1) is 0 Å². The third kappa shape index (κ3) is 9.59. The molecule has 0 unspecified atom stereocenters. The van der Waals surface area contributed by atoms with Crippen LogP contribution in [0.2, 0.25) is 0 Å². The van der Waals surface area contributed by atoms with Crippen LogP contribution in [-0.2, 0) is 20.0 Å². The Balaban J connectivity index is 0.858. The molecule has 4 aliphatic heterocycles. The van der Waals surface area contributed by atoms with Crippen molar-refractivity contribution in [1.82, 2.24) is 20.0 Å². The van der Waals surface area contributed by atoms with Crippen LogP contribution >= 0.6 is 0 Å². The molecule has 13 heteroatoms. The predicted octanol–water partition coefficient (Wildman–Crippen LogP) is 6.87. The lowest BCUT2D eigenvalue weighted by Gasteiger charge is -2.54. The van der Waals surface area contributed by atoms with Crippen LogP contribution in [0.1, 0.15) is 63.4 Å². The molecule has 8 rings (SSSR count). The summed E-state index contributed by atoms with van der Waals surface area (Å²) >= 11 is 0. The number of anilines is 2. The molecule has 1 saturated carbocycles. The number of likely N-dealkylation sites (tertiary alicyclic amines) is 3. The third-order valence-corrected chi connectivity index (χ3v) is 15.8. The average Bonchev–Trinajstić information content (AvgIpc) is 3.67. The summed E-state index contributed by atoms with van der Waals surface area (Å²) in [4.78, 5) is 34.6. The van der Waals surface area contributed by atoms with Gasteiger partial charge < -0.3 is 30.4 Å². The normalized spacial score (nSPS) is 23.5. The molecular weight excluding hydrogens is 780 g/mol. The van der Waals surface area contributed by atoms with Crippen molar-refractivity contribution < 1.29 is 27.5 Å². The first-order valence-corrected chi connectivity index (χ1v) is 23.7. The van der Waals surface area contributed by atoms with Crippen LogP contribution in [0.25, 0.3) is 0 Å². The molecule has 3 aromatic carbocycles. The van der Waals surface area contributed by atoms with Crippen LogP contribution in [0.4, 0.5) is 20.6 Å². The Bertz CT molecular complexity index is 2090. The van der Waals surface area contributed by atoms with Gasteiger partial charge in [0.05, 0.1) is 9.79 Å². The third-order valence-electron chi connectivity index (χ3n) is 14.1. The Morgan fingerprint density at radius 1 is 0.783 bits per heavy atom. The molecule has 11 nitrogen and oxygen atoms in total. The van der Waals surface area contributed by atoms with Gasteiger partial charge in [0.25, 0.3) is 0 Å². The minimum Gasteiger partial charge on any atom is -0.465 e. The van der Waals surface area contributed by atoms with Crippen LogP contribution in [0, 0.1) is 23.6 Å². The van der Waals surface area contributed by atoms with Gasteiger partial charge in [-0.2, -0.15) is 0 Å². The van der Waals surface area contributed by atoms with E-state index in [0.29, 0.717) is 17.5 Å². The van der Waals surface area contributed by atoms with E-state index in [2.05, 4.69) is 36.3 Å². The number of sulfone groups is 1. The fourth-order valence-electron chi connectivity index (χ4n) is 10.9. The molecule has 3 atom stereocenters. The molecule has 4 saturated heterocycles. The fourth-order valence-corrected chi connectivity index (χ4v) is 12.2. The minimum absolute atomic E-state index is 0.105. The summed E-state index contributed by atoms with van der Waals surface area (Å²) in [5.41, 5.74) is 2.11. The number of carbonyl (C=O) groups is 2. The van der Waals surface area contributed by atoms with Crippen LogP contribution < -0.4 is 15.5 Å². The molecule has 60 heavy (non-hydrogen) atoms. The zero-order valence-electron chi connectivity index (χ0n) is 34.7. The van der Waals surface area contributed by atoms with Gasteiger partial charge >= 0.3 is 6.09 Å². The van der Waals surface area contributed by atoms with Crippen molar-refractivity contribution in [3.8, 4) is 0 Å². The molecule has 3 aromatic rings. The molecule has 322 valence electrons. The molecule has 2 amide bonds. The maximum atomic E-state index is 15.0. The topological polar surface area (TPSA) is 126 Å². The highest BCUT2D eigenvalue weighted by Crippen LogP contribution is 2.51. The summed E-state index contributed by atoms with van der Waals surface area (Å²) in [5, 5.41) is 15.5. The van der Waals surface area contributed by atoms with E-state index in [0.717, 1.165) is 122 Å². The van der Waals surface area contributed by atoms with Gasteiger partial charge in [0, 0.05) is 67.5 Å². The molecule has 5 fully saturated rings. The van der Waals surface area contributed by atoms with E-state index >= 15 is 0 Å². The summed E-state index contributed by atoms with van der Waals surface area (Å²) in [7, 11) is -3.80. The highest BCUT2D eigenvalue weighted by atomic mass is 32.2. The Kier molecular flexibility index (Phi) is 13.3. The number of halogens is 1. The number of carboxylic acid groups (broad SMARTS) is 1. The van der Waals surface area contributed by atoms with Crippen molar-refractivity contribution >= 4 is 33.2 Å². The van der Waals surface area contributed by atoms with Gasteiger partial charge in [-0.1, -0.05) is 37.1 Å². The second-order valence-electron chi connectivity index (χ2n) is 17.9. The molecule has 3 N–H and O–H groups in total. The summed E-state index contributed by atoms with van der Waals surface area (Å²) in [6.45, 7) is 10.4. The highest BCUT2D eigenvalue weighted by molar-refractivity contribution is 7.91. The van der Waals surface area contributed by atoms with Crippen LogP contribution in [0.3, 0.4) is 0 Å². The van der Waals surface area contributed by atoms with Crippen molar-refractivity contribution in [2.45, 2.75) is 79.0 Å². The first kappa shape index (κ1) is 42.4. The molecule has 0 spiro atoms. The second kappa shape index (κ2) is 18.8. The molecule has 5 aliphatic rings. The number of carbonyl (C=O) groups excluding carboxylic acids is 1. The smallest absolute Gasteiger partial charge is 0.404 e. The zero-order chi connectivity index (χ0) is 41.7. The number of piperidine rings is 2. The van der Waals surface area contributed by atoms with Crippen LogP contribution in [0.15, 0.2) is 94.7 Å². The van der Waals surface area contributed by atoms with Gasteiger partial charge in [-0.25, -0.2) is 17.6 Å². The van der Waals surface area contributed by atoms with E-state index in [4.69, 9.17) is 0 Å². The molecule has 0 bridgehead atoms. The highest BCUT2D eigenvalue weighted by Gasteiger charge is 2.53. The molecule has 4 heterocycles. The second-order valence-corrected chi connectivity index (χ2v) is 19.8. The lowest BCUT2D eigenvalue weighted by Crippen LogP contribution is -2.60. The standard InChI is InChI=1S/C47H61FN6O5S/c48-38-10-4-9-37(29-38)47(34-53-25-8-26-53,43-13-6-14-44(43)50-46(56)57)36-20-27-52(28-21-36)31-35-32-54(33-35)40-16-18-41(19-17-40)60(58,59)42-12-5-11-39(30-42)49-45(55)15-7-24-51-22-2-1-3-23-51/h4-5,7,9-12,15-19,29-30,35-36,43-44,50H,1-3,6,8,13-14,20-28,31-34H2,(H,49,55)(H,56,57)/b15-7+/t43-,44-,47-/m0/s1. The number of hydrogen-bond acceptors (Lipinski definition) is 8. The lowest BCUT2D eigenvalue weighted by atomic mass is 9.57. The van der Waals surface area contributed by atoms with E-state index < -0.39 is 15.9 Å². The summed E-state index contributed by atoms with van der Waals surface area (Å²) in [5.74, 6) is 0.392. The van der Waals surface area contributed by atoms with E-state index in [-0.39, 0.29) is 38.9 Å². The van der Waals surface area contributed by atoms with E-state index in [9.17, 15) is 27.5 Å². The number of amides is 2. The average molecular weight is 841 g/mol. The molecule has 0 radical (unpaired) electrons. The van der Waals surface area contributed by atoms with Gasteiger partial charge in [0.2, 0.25) is 15.7 Å². The molecular formula is C47H61FN6O5S. The Hall–Kier alpha value is -4.30. The quantitative estimate of drug-likeness (QED) is 0.141.